The van der Waals surface area contributed by atoms with Gasteiger partial charge in [-0.2, -0.15) is 0 Å². The van der Waals surface area contributed by atoms with Crippen molar-refractivity contribution >= 4 is 11.4 Å². The summed E-state index contributed by atoms with van der Waals surface area (Å²) in [7, 11) is 3.24. The minimum Gasteiger partial charge on any atom is -0.493 e. The van der Waals surface area contributed by atoms with Gasteiger partial charge in [0.05, 0.1) is 14.2 Å². The fourth-order valence-electron chi connectivity index (χ4n) is 1.86. The highest BCUT2D eigenvalue weighted by molar-refractivity contribution is 5.64. The van der Waals surface area contributed by atoms with Crippen molar-refractivity contribution in [2.45, 2.75) is 6.54 Å². The summed E-state index contributed by atoms with van der Waals surface area (Å²) in [5.74, 6) is 1.41. The van der Waals surface area contributed by atoms with Crippen LogP contribution in [-0.4, -0.2) is 14.2 Å². The molecule has 0 aliphatic heterocycles. The van der Waals surface area contributed by atoms with Gasteiger partial charge in [0.2, 0.25) is 0 Å². The first kappa shape index (κ1) is 13.2. The predicted octanol–water partition coefficient (Wildman–Crippen LogP) is 2.91. The quantitative estimate of drug-likeness (QED) is 0.865. The molecule has 0 amide bonds. The summed E-state index contributed by atoms with van der Waals surface area (Å²) in [6.07, 6.45) is 0. The summed E-state index contributed by atoms with van der Waals surface area (Å²) in [5.41, 5.74) is 8.65. The molecule has 100 valence electrons. The molecule has 3 N–H and O–H groups in total. The molecule has 19 heavy (non-hydrogen) atoms. The molecule has 0 radical (unpaired) electrons. The highest BCUT2D eigenvalue weighted by Crippen LogP contribution is 2.31. The zero-order chi connectivity index (χ0) is 13.7. The average Bonchev–Trinajstić information content (AvgIpc) is 2.47. The minimum absolute atomic E-state index is 0.529. The van der Waals surface area contributed by atoms with E-state index in [0.29, 0.717) is 18.0 Å². The van der Waals surface area contributed by atoms with Crippen LogP contribution < -0.4 is 20.5 Å². The van der Waals surface area contributed by atoms with Crippen LogP contribution in [0, 0.1) is 0 Å². The van der Waals surface area contributed by atoms with Gasteiger partial charge in [0.25, 0.3) is 0 Å². The van der Waals surface area contributed by atoms with Gasteiger partial charge < -0.3 is 20.5 Å². The van der Waals surface area contributed by atoms with Crippen molar-refractivity contribution in [2.75, 3.05) is 19.5 Å². The fourth-order valence-corrected chi connectivity index (χ4v) is 1.86. The number of rotatable bonds is 5. The lowest BCUT2D eigenvalue weighted by Gasteiger charge is -2.11. The molecule has 2 aromatic carbocycles. The molecule has 0 heterocycles. The lowest BCUT2D eigenvalue weighted by atomic mass is 10.2. The largest absolute Gasteiger partial charge is 0.493 e. The van der Waals surface area contributed by atoms with Crippen molar-refractivity contribution in [3.8, 4) is 11.5 Å². The number of hydrogen-bond donors (Lipinski definition) is 2. The van der Waals surface area contributed by atoms with Crippen LogP contribution in [0.15, 0.2) is 42.5 Å². The molecule has 4 heteroatoms. The second-order valence-corrected chi connectivity index (χ2v) is 4.10. The Labute approximate surface area is 113 Å². The number of methoxy groups -OCH3 is 2. The smallest absolute Gasteiger partial charge is 0.162 e. The third-order valence-electron chi connectivity index (χ3n) is 2.83. The van der Waals surface area contributed by atoms with E-state index < -0.39 is 0 Å². The lowest BCUT2D eigenvalue weighted by Crippen LogP contribution is -1.98. The van der Waals surface area contributed by atoms with Crippen LogP contribution in [0.3, 0.4) is 0 Å². The Bertz CT molecular complexity index is 556. The molecule has 0 saturated carbocycles. The van der Waals surface area contributed by atoms with Crippen molar-refractivity contribution in [3.05, 3.63) is 48.0 Å². The second kappa shape index (κ2) is 6.11. The van der Waals surface area contributed by atoms with E-state index in [9.17, 15) is 0 Å². The van der Waals surface area contributed by atoms with E-state index in [1.165, 1.54) is 0 Å². The van der Waals surface area contributed by atoms with Crippen LogP contribution >= 0.6 is 0 Å². The zero-order valence-corrected chi connectivity index (χ0v) is 11.1. The van der Waals surface area contributed by atoms with E-state index in [2.05, 4.69) is 5.32 Å². The molecule has 2 aromatic rings. The molecule has 0 spiro atoms. The van der Waals surface area contributed by atoms with Crippen LogP contribution in [0.4, 0.5) is 11.4 Å². The molecule has 0 saturated heterocycles. The summed E-state index contributed by atoms with van der Waals surface area (Å²) in [6, 6.07) is 13.7. The Hall–Kier alpha value is -2.20. The zero-order valence-electron chi connectivity index (χ0n) is 11.1. The van der Waals surface area contributed by atoms with Gasteiger partial charge in [0, 0.05) is 24.0 Å². The molecular formula is C15H18N2O2. The predicted molar refractivity (Wildman–Crippen MR) is 77.2 cm³/mol. The SMILES string of the molecule is COc1ccc(Nc2cccc(CN)c2)cc1OC. The van der Waals surface area contributed by atoms with E-state index in [1.54, 1.807) is 14.2 Å². The van der Waals surface area contributed by atoms with Crippen molar-refractivity contribution < 1.29 is 9.47 Å². The molecule has 0 aliphatic carbocycles. The average molecular weight is 258 g/mol. The van der Waals surface area contributed by atoms with Crippen molar-refractivity contribution in [1.29, 1.82) is 0 Å². The first-order valence-electron chi connectivity index (χ1n) is 6.05. The van der Waals surface area contributed by atoms with Crippen LogP contribution in [0.25, 0.3) is 0 Å². The fraction of sp³-hybridized carbons (Fsp3) is 0.200. The maximum absolute atomic E-state index is 5.63. The Morgan fingerprint density at radius 1 is 0.947 bits per heavy atom. The van der Waals surface area contributed by atoms with E-state index in [4.69, 9.17) is 15.2 Å². The summed E-state index contributed by atoms with van der Waals surface area (Å²) in [5, 5.41) is 3.31. The van der Waals surface area contributed by atoms with Crippen LogP contribution in [0.2, 0.25) is 0 Å². The molecule has 2 rings (SSSR count). The molecule has 0 atom stereocenters. The highest BCUT2D eigenvalue weighted by atomic mass is 16.5. The third kappa shape index (κ3) is 3.17. The van der Waals surface area contributed by atoms with Crippen molar-refractivity contribution in [1.82, 2.24) is 0 Å². The van der Waals surface area contributed by atoms with Crippen LogP contribution in [0.1, 0.15) is 5.56 Å². The van der Waals surface area contributed by atoms with Gasteiger partial charge in [-0.1, -0.05) is 12.1 Å². The number of nitrogens with two attached hydrogens (primary N) is 1. The minimum atomic E-state index is 0.529. The Morgan fingerprint density at radius 3 is 2.37 bits per heavy atom. The summed E-state index contributed by atoms with van der Waals surface area (Å²) in [6.45, 7) is 0.529. The molecule has 0 aliphatic rings. The van der Waals surface area contributed by atoms with Gasteiger partial charge in [0.1, 0.15) is 0 Å². The third-order valence-corrected chi connectivity index (χ3v) is 2.83. The van der Waals surface area contributed by atoms with E-state index in [0.717, 1.165) is 16.9 Å². The van der Waals surface area contributed by atoms with Gasteiger partial charge in [-0.05, 0) is 29.8 Å². The van der Waals surface area contributed by atoms with Crippen LogP contribution in [-0.2, 0) is 6.54 Å². The normalized spacial score (nSPS) is 10.1. The molecule has 0 fully saturated rings. The van der Waals surface area contributed by atoms with Gasteiger partial charge in [-0.25, -0.2) is 0 Å². The van der Waals surface area contributed by atoms with E-state index >= 15 is 0 Å². The number of hydrogen-bond acceptors (Lipinski definition) is 4. The maximum atomic E-state index is 5.63. The first-order chi connectivity index (χ1) is 9.26. The summed E-state index contributed by atoms with van der Waals surface area (Å²) in [4.78, 5) is 0. The molecule has 4 nitrogen and oxygen atoms in total. The van der Waals surface area contributed by atoms with Gasteiger partial charge in [0.15, 0.2) is 11.5 Å². The Balaban J connectivity index is 2.22. The number of benzene rings is 2. The topological polar surface area (TPSA) is 56.5 Å². The van der Waals surface area contributed by atoms with E-state index in [-0.39, 0.29) is 0 Å². The molecule has 0 bridgehead atoms. The Kier molecular flexibility index (Phi) is 4.26. The highest BCUT2D eigenvalue weighted by Gasteiger charge is 2.04. The van der Waals surface area contributed by atoms with Gasteiger partial charge >= 0.3 is 0 Å². The number of nitrogens with one attached hydrogen (secondary N) is 1. The first-order valence-corrected chi connectivity index (χ1v) is 6.05. The standard InChI is InChI=1S/C15H18N2O2/c1-18-14-7-6-13(9-15(14)19-2)17-12-5-3-4-11(8-12)10-16/h3-9,17H,10,16H2,1-2H3. The summed E-state index contributed by atoms with van der Waals surface area (Å²) >= 11 is 0. The van der Waals surface area contributed by atoms with Crippen molar-refractivity contribution in [3.63, 3.8) is 0 Å². The molecule has 0 aromatic heterocycles. The number of anilines is 2. The van der Waals surface area contributed by atoms with E-state index in [1.807, 2.05) is 42.5 Å². The Morgan fingerprint density at radius 2 is 1.68 bits per heavy atom. The summed E-state index contributed by atoms with van der Waals surface area (Å²) < 4.78 is 10.5. The maximum Gasteiger partial charge on any atom is 0.162 e. The monoisotopic (exact) mass is 258 g/mol. The van der Waals surface area contributed by atoms with Gasteiger partial charge in [-0.15, -0.1) is 0 Å². The lowest BCUT2D eigenvalue weighted by molar-refractivity contribution is 0.355. The molecule has 0 unspecified atom stereocenters. The van der Waals surface area contributed by atoms with Gasteiger partial charge in [-0.3, -0.25) is 0 Å². The van der Waals surface area contributed by atoms with Crippen LogP contribution in [0.5, 0.6) is 11.5 Å². The molecular weight excluding hydrogens is 240 g/mol. The second-order valence-electron chi connectivity index (χ2n) is 4.10. The number of ether oxygens (including phenoxy) is 2. The van der Waals surface area contributed by atoms with Crippen molar-refractivity contribution in [2.24, 2.45) is 5.73 Å².